The van der Waals surface area contributed by atoms with E-state index in [1.54, 1.807) is 12.1 Å². The second-order valence-corrected chi connectivity index (χ2v) is 5.95. The molecule has 0 aromatic heterocycles. The second-order valence-electron chi connectivity index (χ2n) is 5.52. The number of hydrazine groups is 1. The minimum atomic E-state index is -0.364. The molecule has 0 aliphatic rings. The molecule has 0 heterocycles. The summed E-state index contributed by atoms with van der Waals surface area (Å²) in [5.74, 6) is 0.325. The van der Waals surface area contributed by atoms with Crippen LogP contribution in [0, 0.1) is 5.82 Å². The molecule has 0 saturated heterocycles. The Kier molecular flexibility index (Phi) is 5.88. The number of nitrogens with one attached hydrogen (secondary N) is 2. The number of rotatable bonds is 7. The van der Waals surface area contributed by atoms with Gasteiger partial charge in [-0.25, -0.2) is 9.82 Å². The van der Waals surface area contributed by atoms with Gasteiger partial charge in [0.15, 0.2) is 0 Å². The number of hydrogen-bond donors (Lipinski definition) is 2. The molecule has 0 aliphatic carbocycles. The van der Waals surface area contributed by atoms with E-state index < -0.39 is 0 Å². The van der Waals surface area contributed by atoms with E-state index in [9.17, 15) is 4.39 Å². The summed E-state index contributed by atoms with van der Waals surface area (Å²) in [6.45, 7) is 0.781. The van der Waals surface area contributed by atoms with Crippen LogP contribution in [0.1, 0.15) is 11.1 Å². The van der Waals surface area contributed by atoms with Gasteiger partial charge >= 0.3 is 0 Å². The van der Waals surface area contributed by atoms with Crippen LogP contribution in [0.3, 0.4) is 0 Å². The normalized spacial score (nSPS) is 10.5. The van der Waals surface area contributed by atoms with Crippen LogP contribution in [-0.2, 0) is 13.2 Å². The van der Waals surface area contributed by atoms with E-state index in [-0.39, 0.29) is 12.4 Å². The Hall–Kier alpha value is -2.56. The highest BCUT2D eigenvalue weighted by Gasteiger charge is 2.04. The maximum atomic E-state index is 13.8. The highest BCUT2D eigenvalue weighted by Crippen LogP contribution is 2.19. The van der Waals surface area contributed by atoms with Crippen LogP contribution in [0.5, 0.6) is 5.75 Å². The molecule has 3 rings (SSSR count). The van der Waals surface area contributed by atoms with Crippen LogP contribution < -0.4 is 15.6 Å². The first-order valence-corrected chi connectivity index (χ1v) is 8.28. The highest BCUT2D eigenvalue weighted by molar-refractivity contribution is 6.30. The van der Waals surface area contributed by atoms with E-state index in [1.807, 2.05) is 54.6 Å². The first kappa shape index (κ1) is 17.3. The smallest absolute Gasteiger partial charge is 0.131 e. The number of hydrogen-bond acceptors (Lipinski definition) is 3. The zero-order chi connectivity index (χ0) is 17.5. The Balaban J connectivity index is 1.54. The summed E-state index contributed by atoms with van der Waals surface area (Å²) in [6.07, 6.45) is 0. The molecule has 0 saturated carbocycles. The minimum Gasteiger partial charge on any atom is -0.489 e. The van der Waals surface area contributed by atoms with Crippen molar-refractivity contribution in [1.82, 2.24) is 5.43 Å². The third kappa shape index (κ3) is 5.21. The molecular weight excluding hydrogens is 339 g/mol. The van der Waals surface area contributed by atoms with Gasteiger partial charge in [-0.1, -0.05) is 48.0 Å². The van der Waals surface area contributed by atoms with Crippen molar-refractivity contribution in [2.45, 2.75) is 13.2 Å². The fourth-order valence-electron chi connectivity index (χ4n) is 2.31. The molecule has 0 fully saturated rings. The molecule has 5 heteroatoms. The van der Waals surface area contributed by atoms with Gasteiger partial charge < -0.3 is 10.2 Å². The van der Waals surface area contributed by atoms with Crippen molar-refractivity contribution in [2.24, 2.45) is 0 Å². The van der Waals surface area contributed by atoms with Gasteiger partial charge in [0.05, 0.1) is 0 Å². The first-order valence-electron chi connectivity index (χ1n) is 7.90. The molecule has 0 atom stereocenters. The SMILES string of the molecule is Fc1cc(Cl)ccc1COc1cccc(CNNc2ccccc2)c1. The highest BCUT2D eigenvalue weighted by atomic mass is 35.5. The Bertz CT molecular complexity index is 827. The van der Waals surface area contributed by atoms with Gasteiger partial charge in [-0.05, 0) is 42.0 Å². The van der Waals surface area contributed by atoms with E-state index in [0.29, 0.717) is 22.9 Å². The molecule has 0 amide bonds. The largest absolute Gasteiger partial charge is 0.489 e. The molecule has 0 aliphatic heterocycles. The standard InChI is InChI=1S/C20H18ClFN2O/c21-17-10-9-16(20(22)12-17)14-25-19-8-4-5-15(11-19)13-23-24-18-6-2-1-3-7-18/h1-12,23-24H,13-14H2. The predicted octanol–water partition coefficient (Wildman–Crippen LogP) is 5.17. The Morgan fingerprint density at radius 1 is 0.920 bits per heavy atom. The van der Waals surface area contributed by atoms with Gasteiger partial charge in [-0.3, -0.25) is 0 Å². The minimum absolute atomic E-state index is 0.155. The van der Waals surface area contributed by atoms with Gasteiger partial charge in [-0.2, -0.15) is 0 Å². The van der Waals surface area contributed by atoms with Crippen molar-refractivity contribution in [3.8, 4) is 5.75 Å². The van der Waals surface area contributed by atoms with Crippen molar-refractivity contribution in [3.63, 3.8) is 0 Å². The summed E-state index contributed by atoms with van der Waals surface area (Å²) < 4.78 is 19.5. The predicted molar refractivity (Wildman–Crippen MR) is 99.1 cm³/mol. The molecule has 0 radical (unpaired) electrons. The third-order valence-corrected chi connectivity index (χ3v) is 3.84. The summed E-state index contributed by atoms with van der Waals surface area (Å²) in [5.41, 5.74) is 8.80. The molecule has 25 heavy (non-hydrogen) atoms. The van der Waals surface area contributed by atoms with Crippen LogP contribution in [-0.4, -0.2) is 0 Å². The lowest BCUT2D eigenvalue weighted by Gasteiger charge is -2.11. The first-order chi connectivity index (χ1) is 12.2. The molecule has 3 nitrogen and oxygen atoms in total. The molecule has 0 bridgehead atoms. The Morgan fingerprint density at radius 2 is 1.76 bits per heavy atom. The molecular formula is C20H18ClFN2O. The maximum Gasteiger partial charge on any atom is 0.131 e. The van der Waals surface area contributed by atoms with Gasteiger partial charge in [0.25, 0.3) is 0 Å². The zero-order valence-corrected chi connectivity index (χ0v) is 14.3. The van der Waals surface area contributed by atoms with E-state index >= 15 is 0 Å². The number of para-hydroxylation sites is 1. The van der Waals surface area contributed by atoms with Crippen molar-refractivity contribution in [3.05, 3.63) is 94.8 Å². The Morgan fingerprint density at radius 3 is 2.56 bits per heavy atom. The number of ether oxygens (including phenoxy) is 1. The monoisotopic (exact) mass is 356 g/mol. The number of benzene rings is 3. The van der Waals surface area contributed by atoms with Crippen molar-refractivity contribution in [2.75, 3.05) is 5.43 Å². The van der Waals surface area contributed by atoms with E-state index in [0.717, 1.165) is 11.3 Å². The molecule has 2 N–H and O–H groups in total. The van der Waals surface area contributed by atoms with Crippen molar-refractivity contribution >= 4 is 17.3 Å². The summed E-state index contributed by atoms with van der Waals surface area (Å²) in [5, 5.41) is 0.375. The zero-order valence-electron chi connectivity index (χ0n) is 13.5. The van der Waals surface area contributed by atoms with Crippen LogP contribution in [0.4, 0.5) is 10.1 Å². The molecule has 0 unspecified atom stereocenters. The lowest BCUT2D eigenvalue weighted by Crippen LogP contribution is -2.20. The van der Waals surface area contributed by atoms with Crippen LogP contribution >= 0.6 is 11.6 Å². The molecule has 128 valence electrons. The van der Waals surface area contributed by atoms with Crippen LogP contribution in [0.2, 0.25) is 5.02 Å². The van der Waals surface area contributed by atoms with Gasteiger partial charge in [-0.15, -0.1) is 0 Å². The summed E-state index contributed by atoms with van der Waals surface area (Å²) >= 11 is 5.75. The summed E-state index contributed by atoms with van der Waals surface area (Å²) in [6, 6.07) is 22.1. The van der Waals surface area contributed by atoms with E-state index in [4.69, 9.17) is 16.3 Å². The van der Waals surface area contributed by atoms with E-state index in [2.05, 4.69) is 10.9 Å². The lowest BCUT2D eigenvalue weighted by atomic mass is 10.2. The third-order valence-electron chi connectivity index (χ3n) is 3.61. The number of halogens is 2. The van der Waals surface area contributed by atoms with Crippen LogP contribution in [0.15, 0.2) is 72.8 Å². The molecule has 3 aromatic rings. The maximum absolute atomic E-state index is 13.8. The number of anilines is 1. The molecule has 3 aromatic carbocycles. The second kappa shape index (κ2) is 8.51. The summed E-state index contributed by atoms with van der Waals surface area (Å²) in [4.78, 5) is 0. The van der Waals surface area contributed by atoms with Crippen molar-refractivity contribution in [1.29, 1.82) is 0 Å². The van der Waals surface area contributed by atoms with Gasteiger partial charge in [0.2, 0.25) is 0 Å². The average Bonchev–Trinajstić information content (AvgIpc) is 2.62. The van der Waals surface area contributed by atoms with Gasteiger partial charge in [0, 0.05) is 22.8 Å². The Labute approximate surface area is 151 Å². The fourth-order valence-corrected chi connectivity index (χ4v) is 2.47. The summed E-state index contributed by atoms with van der Waals surface area (Å²) in [7, 11) is 0. The lowest BCUT2D eigenvalue weighted by molar-refractivity contribution is 0.299. The van der Waals surface area contributed by atoms with E-state index in [1.165, 1.54) is 6.07 Å². The van der Waals surface area contributed by atoms with Crippen molar-refractivity contribution < 1.29 is 9.13 Å². The average molecular weight is 357 g/mol. The van der Waals surface area contributed by atoms with Crippen LogP contribution in [0.25, 0.3) is 0 Å². The van der Waals surface area contributed by atoms with Gasteiger partial charge in [0.1, 0.15) is 18.2 Å². The fraction of sp³-hybridized carbons (Fsp3) is 0.100. The quantitative estimate of drug-likeness (QED) is 0.572. The topological polar surface area (TPSA) is 33.3 Å². The molecule has 0 spiro atoms.